The molecule has 0 fully saturated rings. The van der Waals surface area contributed by atoms with Gasteiger partial charge >= 0.3 is 0 Å². The van der Waals surface area contributed by atoms with Crippen molar-refractivity contribution in [2.24, 2.45) is 17.6 Å². The molecule has 1 aromatic rings. The van der Waals surface area contributed by atoms with Crippen LogP contribution in [0.1, 0.15) is 40.5 Å². The zero-order valence-corrected chi connectivity index (χ0v) is 15.2. The second-order valence-corrected chi connectivity index (χ2v) is 6.64. The first-order valence-corrected chi connectivity index (χ1v) is 7.99. The Morgan fingerprint density at radius 3 is 2.00 bits per heavy atom. The Morgan fingerprint density at radius 2 is 1.55 bits per heavy atom. The lowest BCUT2D eigenvalue weighted by molar-refractivity contribution is -0.0504. The van der Waals surface area contributed by atoms with Crippen molar-refractivity contribution in [1.29, 1.82) is 0 Å². The maximum atomic E-state index is 6.40. The number of benzene rings is 1. The van der Waals surface area contributed by atoms with Crippen LogP contribution in [0.3, 0.4) is 0 Å². The second-order valence-electron chi connectivity index (χ2n) is 6.64. The minimum absolute atomic E-state index is 0. The van der Waals surface area contributed by atoms with Crippen LogP contribution in [0.4, 0.5) is 0 Å². The smallest absolute Gasteiger partial charge is 0.133 e. The summed E-state index contributed by atoms with van der Waals surface area (Å²) < 4.78 is 12.2. The van der Waals surface area contributed by atoms with Crippen LogP contribution < -0.4 is 10.5 Å². The van der Waals surface area contributed by atoms with E-state index in [1.165, 1.54) is 0 Å². The third kappa shape index (κ3) is 8.02. The normalized spacial score (nSPS) is 11.6. The predicted octanol–water partition coefficient (Wildman–Crippen LogP) is 4.29. The summed E-state index contributed by atoms with van der Waals surface area (Å²) in [5.41, 5.74) is 5.27. The Bertz CT molecular complexity index is 372. The number of nitrogens with two attached hydrogens (primary N) is 1. The molecule has 128 valence electrons. The van der Waals surface area contributed by atoms with Crippen molar-refractivity contribution in [2.45, 2.75) is 46.1 Å². The van der Waals surface area contributed by atoms with Crippen molar-refractivity contribution in [2.75, 3.05) is 19.8 Å². The van der Waals surface area contributed by atoms with Gasteiger partial charge in [-0.25, -0.2) is 0 Å². The molecule has 0 saturated carbocycles. The summed E-state index contributed by atoms with van der Waals surface area (Å²) in [6.45, 7) is 10.6. The van der Waals surface area contributed by atoms with Gasteiger partial charge in [0.25, 0.3) is 0 Å². The van der Waals surface area contributed by atoms with E-state index >= 15 is 0 Å². The highest BCUT2D eigenvalue weighted by Gasteiger charge is 2.34. The Labute approximate surface area is 142 Å². The van der Waals surface area contributed by atoms with E-state index in [9.17, 15) is 0 Å². The molecule has 3 nitrogen and oxygen atoms in total. The van der Waals surface area contributed by atoms with Gasteiger partial charge in [0.05, 0.1) is 13.2 Å². The molecule has 0 radical (unpaired) electrons. The largest absolute Gasteiger partial charge is 0.485 e. The highest BCUT2D eigenvalue weighted by atomic mass is 35.5. The summed E-state index contributed by atoms with van der Waals surface area (Å²) in [5, 5.41) is 0. The fourth-order valence-corrected chi connectivity index (χ4v) is 2.88. The number of para-hydroxylation sites is 1. The lowest BCUT2D eigenvalue weighted by atomic mass is 9.85. The first-order chi connectivity index (χ1) is 9.97. The minimum atomic E-state index is -0.279. The van der Waals surface area contributed by atoms with Crippen molar-refractivity contribution >= 4 is 12.4 Å². The highest BCUT2D eigenvalue weighted by Crippen LogP contribution is 2.31. The molecule has 22 heavy (non-hydrogen) atoms. The van der Waals surface area contributed by atoms with Crippen molar-refractivity contribution in [3.8, 4) is 5.75 Å². The van der Waals surface area contributed by atoms with E-state index in [1.807, 2.05) is 30.3 Å². The molecule has 0 atom stereocenters. The molecule has 0 heterocycles. The maximum Gasteiger partial charge on any atom is 0.133 e. The zero-order chi connectivity index (χ0) is 15.7. The number of ether oxygens (including phenoxy) is 2. The fourth-order valence-electron chi connectivity index (χ4n) is 2.88. The van der Waals surface area contributed by atoms with Crippen LogP contribution in [-0.4, -0.2) is 25.4 Å². The Balaban J connectivity index is 0.00000441. The van der Waals surface area contributed by atoms with Crippen molar-refractivity contribution in [1.82, 2.24) is 0 Å². The van der Waals surface area contributed by atoms with E-state index in [2.05, 4.69) is 27.7 Å². The van der Waals surface area contributed by atoms with E-state index < -0.39 is 0 Å². The molecule has 0 unspecified atom stereocenters. The molecule has 0 aliphatic rings. The molecule has 1 aromatic carbocycles. The van der Waals surface area contributed by atoms with Crippen molar-refractivity contribution in [3.05, 3.63) is 30.3 Å². The Kier molecular flexibility index (Phi) is 10.5. The van der Waals surface area contributed by atoms with Crippen LogP contribution in [0, 0.1) is 11.8 Å². The first-order valence-electron chi connectivity index (χ1n) is 7.99. The predicted molar refractivity (Wildman–Crippen MR) is 95.8 cm³/mol. The molecular weight excluding hydrogens is 298 g/mol. The maximum absolute atomic E-state index is 6.40. The van der Waals surface area contributed by atoms with Crippen LogP contribution in [-0.2, 0) is 4.74 Å². The average Bonchev–Trinajstić information content (AvgIpc) is 2.38. The minimum Gasteiger partial charge on any atom is -0.485 e. The van der Waals surface area contributed by atoms with Crippen LogP contribution in [0.15, 0.2) is 30.3 Å². The summed E-state index contributed by atoms with van der Waals surface area (Å²) >= 11 is 0. The van der Waals surface area contributed by atoms with Crippen LogP contribution in [0.2, 0.25) is 0 Å². The summed E-state index contributed by atoms with van der Waals surface area (Å²) in [6, 6.07) is 10.0. The summed E-state index contributed by atoms with van der Waals surface area (Å²) in [5.74, 6) is 2.01. The summed E-state index contributed by atoms with van der Waals surface area (Å²) in [6.07, 6.45) is 1.95. The average molecular weight is 330 g/mol. The third-order valence-corrected chi connectivity index (χ3v) is 3.27. The van der Waals surface area contributed by atoms with E-state index in [1.54, 1.807) is 0 Å². The van der Waals surface area contributed by atoms with Crippen molar-refractivity contribution < 1.29 is 9.47 Å². The molecule has 0 aliphatic heterocycles. The SMILES string of the molecule is CC(C)CC(COCCN)(CC(C)C)Oc1ccccc1.Cl. The lowest BCUT2D eigenvalue weighted by Crippen LogP contribution is -2.44. The molecule has 0 bridgehead atoms. The van der Waals surface area contributed by atoms with Crippen molar-refractivity contribution in [3.63, 3.8) is 0 Å². The number of hydrogen-bond donors (Lipinski definition) is 1. The van der Waals surface area contributed by atoms with Gasteiger partial charge in [0, 0.05) is 6.54 Å². The van der Waals surface area contributed by atoms with Crippen LogP contribution in [0.5, 0.6) is 5.75 Å². The summed E-state index contributed by atoms with van der Waals surface area (Å²) in [7, 11) is 0. The van der Waals surface area contributed by atoms with Gasteiger partial charge in [-0.15, -0.1) is 12.4 Å². The number of halogens is 1. The standard InChI is InChI=1S/C18H31NO2.ClH/c1-15(2)12-18(13-16(3)4,14-20-11-10-19)21-17-8-6-5-7-9-17;/h5-9,15-16H,10-14,19H2,1-4H3;1H. The lowest BCUT2D eigenvalue weighted by Gasteiger charge is -2.37. The third-order valence-electron chi connectivity index (χ3n) is 3.27. The van der Waals surface area contributed by atoms with Gasteiger partial charge < -0.3 is 15.2 Å². The number of rotatable bonds is 10. The molecule has 1 rings (SSSR count). The molecule has 0 spiro atoms. The molecule has 0 saturated heterocycles. The van der Waals surface area contributed by atoms with Gasteiger partial charge in [-0.05, 0) is 36.8 Å². The van der Waals surface area contributed by atoms with E-state index in [0.717, 1.165) is 18.6 Å². The van der Waals surface area contributed by atoms with Gasteiger partial charge in [-0.3, -0.25) is 0 Å². The van der Waals surface area contributed by atoms with E-state index in [0.29, 0.717) is 31.6 Å². The highest BCUT2D eigenvalue weighted by molar-refractivity contribution is 5.85. The first kappa shape index (κ1) is 21.2. The van der Waals surface area contributed by atoms with Gasteiger partial charge in [0.1, 0.15) is 11.4 Å². The molecule has 0 amide bonds. The molecule has 0 aliphatic carbocycles. The Morgan fingerprint density at radius 1 is 1.00 bits per heavy atom. The fraction of sp³-hybridized carbons (Fsp3) is 0.667. The second kappa shape index (κ2) is 10.9. The Hall–Kier alpha value is -0.770. The van der Waals surface area contributed by atoms with Crippen LogP contribution >= 0.6 is 12.4 Å². The van der Waals surface area contributed by atoms with Crippen LogP contribution in [0.25, 0.3) is 0 Å². The van der Waals surface area contributed by atoms with E-state index in [4.69, 9.17) is 15.2 Å². The topological polar surface area (TPSA) is 44.5 Å². The van der Waals surface area contributed by atoms with Gasteiger partial charge in [0.15, 0.2) is 0 Å². The summed E-state index contributed by atoms with van der Waals surface area (Å²) in [4.78, 5) is 0. The molecular formula is C18H32ClNO2. The molecule has 4 heteroatoms. The quantitative estimate of drug-likeness (QED) is 0.651. The molecule has 0 aromatic heterocycles. The van der Waals surface area contributed by atoms with Gasteiger partial charge in [0.2, 0.25) is 0 Å². The number of hydrogen-bond acceptors (Lipinski definition) is 3. The van der Waals surface area contributed by atoms with Gasteiger partial charge in [-0.2, -0.15) is 0 Å². The van der Waals surface area contributed by atoms with E-state index in [-0.39, 0.29) is 18.0 Å². The monoisotopic (exact) mass is 329 g/mol. The zero-order valence-electron chi connectivity index (χ0n) is 14.4. The van der Waals surface area contributed by atoms with Gasteiger partial charge in [-0.1, -0.05) is 45.9 Å². The molecule has 2 N–H and O–H groups in total.